The summed E-state index contributed by atoms with van der Waals surface area (Å²) < 4.78 is 11.0. The number of aryl methyl sites for hydroxylation is 1. The lowest BCUT2D eigenvalue weighted by Crippen LogP contribution is -2.20. The summed E-state index contributed by atoms with van der Waals surface area (Å²) in [6, 6.07) is 16.1. The number of hydrogen-bond acceptors (Lipinski definition) is 4. The molecule has 0 radical (unpaired) electrons. The minimum Gasteiger partial charge on any atom is -0.484 e. The van der Waals surface area contributed by atoms with Gasteiger partial charge < -0.3 is 19.6 Å². The van der Waals surface area contributed by atoms with Crippen LogP contribution in [0.1, 0.15) is 11.3 Å². The summed E-state index contributed by atoms with van der Waals surface area (Å²) in [5.41, 5.74) is 2.26. The molecule has 0 spiro atoms. The molecule has 3 aromatic rings. The number of nitrogens with one attached hydrogen (secondary N) is 1. The fourth-order valence-corrected chi connectivity index (χ4v) is 2.60. The maximum atomic E-state index is 12.2. The van der Waals surface area contributed by atoms with Crippen molar-refractivity contribution in [2.45, 2.75) is 13.5 Å². The molecular formula is C20H18ClNO4. The van der Waals surface area contributed by atoms with E-state index in [1.807, 2.05) is 25.1 Å². The molecular weight excluding hydrogens is 354 g/mol. The van der Waals surface area contributed by atoms with Crippen LogP contribution in [0.3, 0.4) is 0 Å². The summed E-state index contributed by atoms with van der Waals surface area (Å²) in [6.07, 6.45) is 0. The lowest BCUT2D eigenvalue weighted by Gasteiger charge is -2.10. The summed E-state index contributed by atoms with van der Waals surface area (Å²) >= 11 is 6.17. The Morgan fingerprint density at radius 1 is 1.19 bits per heavy atom. The molecule has 1 heterocycles. The van der Waals surface area contributed by atoms with Gasteiger partial charge in [0.1, 0.15) is 23.9 Å². The van der Waals surface area contributed by atoms with Crippen LogP contribution in [0.2, 0.25) is 5.02 Å². The second kappa shape index (κ2) is 8.08. The van der Waals surface area contributed by atoms with E-state index in [0.717, 1.165) is 11.1 Å². The molecule has 1 aromatic heterocycles. The van der Waals surface area contributed by atoms with Crippen LogP contribution in [0.4, 0.5) is 5.69 Å². The van der Waals surface area contributed by atoms with Crippen LogP contribution < -0.4 is 10.1 Å². The number of rotatable bonds is 6. The average Bonchev–Trinajstić information content (AvgIpc) is 3.11. The number of carbonyl (C=O) groups excluding carboxylic acids is 1. The molecule has 0 atom stereocenters. The number of benzene rings is 2. The van der Waals surface area contributed by atoms with E-state index in [2.05, 4.69) is 5.32 Å². The van der Waals surface area contributed by atoms with Gasteiger partial charge in [0.15, 0.2) is 6.61 Å². The number of anilines is 1. The van der Waals surface area contributed by atoms with Crippen molar-refractivity contribution in [3.05, 3.63) is 70.9 Å². The number of ether oxygens (including phenoxy) is 1. The lowest BCUT2D eigenvalue weighted by atomic mass is 10.1. The topological polar surface area (TPSA) is 71.7 Å². The Labute approximate surface area is 156 Å². The van der Waals surface area contributed by atoms with E-state index in [4.69, 9.17) is 25.9 Å². The first kappa shape index (κ1) is 18.0. The summed E-state index contributed by atoms with van der Waals surface area (Å²) in [5, 5.41) is 12.2. The van der Waals surface area contributed by atoms with E-state index in [1.54, 1.807) is 36.4 Å². The standard InChI is InChI=1S/C20H18ClNO4/c1-13-3-2-4-15(9-13)25-12-20(24)22-18-10-14(5-7-17(18)21)19-8-6-16(11-23)26-19/h2-10,23H,11-12H2,1H3,(H,22,24). The molecule has 0 unspecified atom stereocenters. The van der Waals surface area contributed by atoms with Crippen LogP contribution in [0.25, 0.3) is 11.3 Å². The van der Waals surface area contributed by atoms with Gasteiger partial charge in [0, 0.05) is 5.56 Å². The van der Waals surface area contributed by atoms with Crippen LogP contribution in [-0.4, -0.2) is 17.6 Å². The highest BCUT2D eigenvalue weighted by molar-refractivity contribution is 6.33. The normalized spacial score (nSPS) is 10.6. The Bertz CT molecular complexity index is 920. The molecule has 0 aliphatic rings. The van der Waals surface area contributed by atoms with E-state index in [0.29, 0.717) is 28.0 Å². The number of aliphatic hydroxyl groups excluding tert-OH is 1. The Kier molecular flexibility index (Phi) is 5.61. The van der Waals surface area contributed by atoms with Gasteiger partial charge in [-0.25, -0.2) is 0 Å². The third kappa shape index (κ3) is 4.45. The molecule has 134 valence electrons. The third-order valence-corrected chi connectivity index (χ3v) is 4.03. The van der Waals surface area contributed by atoms with Crippen LogP contribution in [0.15, 0.2) is 59.0 Å². The van der Waals surface area contributed by atoms with E-state index < -0.39 is 0 Å². The number of aliphatic hydroxyl groups is 1. The predicted molar refractivity (Wildman–Crippen MR) is 100 cm³/mol. The smallest absolute Gasteiger partial charge is 0.262 e. The Morgan fingerprint density at radius 2 is 2.04 bits per heavy atom. The first-order chi connectivity index (χ1) is 12.5. The van der Waals surface area contributed by atoms with Gasteiger partial charge in [0.05, 0.1) is 10.7 Å². The molecule has 2 N–H and O–H groups in total. The van der Waals surface area contributed by atoms with Crippen molar-refractivity contribution in [2.24, 2.45) is 0 Å². The molecule has 0 saturated carbocycles. The number of furan rings is 1. The monoisotopic (exact) mass is 371 g/mol. The number of amides is 1. The van der Waals surface area contributed by atoms with Crippen molar-refractivity contribution in [3.63, 3.8) is 0 Å². The number of carbonyl (C=O) groups is 1. The number of halogens is 1. The summed E-state index contributed by atoms with van der Waals surface area (Å²) in [6.45, 7) is 1.65. The van der Waals surface area contributed by atoms with Gasteiger partial charge in [0.2, 0.25) is 0 Å². The third-order valence-electron chi connectivity index (χ3n) is 3.70. The highest BCUT2D eigenvalue weighted by Crippen LogP contribution is 2.30. The van der Waals surface area contributed by atoms with Crippen molar-refractivity contribution in [1.82, 2.24) is 0 Å². The molecule has 0 aliphatic heterocycles. The van der Waals surface area contributed by atoms with Gasteiger partial charge in [-0.3, -0.25) is 4.79 Å². The zero-order valence-corrected chi connectivity index (χ0v) is 14.9. The second-order valence-electron chi connectivity index (χ2n) is 5.77. The van der Waals surface area contributed by atoms with Crippen molar-refractivity contribution >= 4 is 23.2 Å². The van der Waals surface area contributed by atoms with Crippen LogP contribution in [-0.2, 0) is 11.4 Å². The molecule has 0 fully saturated rings. The van der Waals surface area contributed by atoms with Crippen LogP contribution in [0, 0.1) is 6.92 Å². The van der Waals surface area contributed by atoms with Crippen molar-refractivity contribution in [1.29, 1.82) is 0 Å². The van der Waals surface area contributed by atoms with E-state index >= 15 is 0 Å². The van der Waals surface area contributed by atoms with Gasteiger partial charge in [-0.2, -0.15) is 0 Å². The molecule has 0 bridgehead atoms. The fourth-order valence-electron chi connectivity index (χ4n) is 2.43. The van der Waals surface area contributed by atoms with Gasteiger partial charge >= 0.3 is 0 Å². The summed E-state index contributed by atoms with van der Waals surface area (Å²) in [5.74, 6) is 1.36. The zero-order chi connectivity index (χ0) is 18.5. The van der Waals surface area contributed by atoms with Gasteiger partial charge in [-0.15, -0.1) is 0 Å². The largest absolute Gasteiger partial charge is 0.484 e. The van der Waals surface area contributed by atoms with E-state index in [-0.39, 0.29) is 19.1 Å². The quantitative estimate of drug-likeness (QED) is 0.672. The summed E-state index contributed by atoms with van der Waals surface area (Å²) in [7, 11) is 0. The fraction of sp³-hybridized carbons (Fsp3) is 0.150. The van der Waals surface area contributed by atoms with Crippen LogP contribution in [0.5, 0.6) is 5.75 Å². The molecule has 2 aromatic carbocycles. The first-order valence-electron chi connectivity index (χ1n) is 8.04. The van der Waals surface area contributed by atoms with Gasteiger partial charge in [0.25, 0.3) is 5.91 Å². The lowest BCUT2D eigenvalue weighted by molar-refractivity contribution is -0.118. The predicted octanol–water partition coefficient (Wildman–Crippen LogP) is 4.42. The minimum atomic E-state index is -0.318. The minimum absolute atomic E-state index is 0.126. The van der Waals surface area contributed by atoms with Gasteiger partial charge in [-0.05, 0) is 55.0 Å². The average molecular weight is 372 g/mol. The molecule has 5 nitrogen and oxygen atoms in total. The first-order valence-corrected chi connectivity index (χ1v) is 8.42. The molecule has 3 rings (SSSR count). The van der Waals surface area contributed by atoms with Crippen molar-refractivity contribution in [2.75, 3.05) is 11.9 Å². The highest BCUT2D eigenvalue weighted by Gasteiger charge is 2.11. The van der Waals surface area contributed by atoms with E-state index in [9.17, 15) is 4.79 Å². The Morgan fingerprint density at radius 3 is 2.77 bits per heavy atom. The Balaban J connectivity index is 1.68. The summed E-state index contributed by atoms with van der Waals surface area (Å²) in [4.78, 5) is 12.2. The van der Waals surface area contributed by atoms with Gasteiger partial charge in [-0.1, -0.05) is 23.7 Å². The molecule has 0 saturated heterocycles. The highest BCUT2D eigenvalue weighted by atomic mass is 35.5. The molecule has 0 aliphatic carbocycles. The molecule has 1 amide bonds. The van der Waals surface area contributed by atoms with Crippen molar-refractivity contribution < 1.29 is 19.1 Å². The maximum absolute atomic E-state index is 12.2. The van der Waals surface area contributed by atoms with E-state index in [1.165, 1.54) is 0 Å². The zero-order valence-electron chi connectivity index (χ0n) is 14.2. The Hall–Kier alpha value is -2.76. The molecule has 26 heavy (non-hydrogen) atoms. The number of hydrogen-bond donors (Lipinski definition) is 2. The second-order valence-corrected chi connectivity index (χ2v) is 6.18. The van der Waals surface area contributed by atoms with Crippen LogP contribution >= 0.6 is 11.6 Å². The SMILES string of the molecule is Cc1cccc(OCC(=O)Nc2cc(-c3ccc(CO)o3)ccc2Cl)c1. The van der Waals surface area contributed by atoms with Crippen molar-refractivity contribution in [3.8, 4) is 17.1 Å². The maximum Gasteiger partial charge on any atom is 0.262 e. The molecule has 6 heteroatoms.